The fourth-order valence-electron chi connectivity index (χ4n) is 3.44. The lowest BCUT2D eigenvalue weighted by Crippen LogP contribution is -2.45. The van der Waals surface area contributed by atoms with Gasteiger partial charge < -0.3 is 20.2 Å². The van der Waals surface area contributed by atoms with Gasteiger partial charge in [0.1, 0.15) is 0 Å². The molecule has 2 N–H and O–H groups in total. The molecule has 0 aromatic heterocycles. The van der Waals surface area contributed by atoms with Crippen molar-refractivity contribution in [3.8, 4) is 0 Å². The standard InChI is InChI=1S/C15H27N3O3/c1-3-15(13(19)20)6-8-18(11-15)14(21)16-9-12-5-4-7-17(2)10-12/h12H,3-11H2,1-2H3,(H,16,21)(H,19,20). The molecule has 0 saturated carbocycles. The summed E-state index contributed by atoms with van der Waals surface area (Å²) in [6.45, 7) is 5.59. The molecule has 120 valence electrons. The lowest BCUT2D eigenvalue weighted by molar-refractivity contribution is -0.148. The number of carboxylic acids is 1. The van der Waals surface area contributed by atoms with Crippen LogP contribution in [0.25, 0.3) is 0 Å². The first-order valence-corrected chi connectivity index (χ1v) is 7.91. The molecule has 2 unspecified atom stereocenters. The zero-order valence-electron chi connectivity index (χ0n) is 13.1. The van der Waals surface area contributed by atoms with Crippen LogP contribution in [0.2, 0.25) is 0 Å². The zero-order chi connectivity index (χ0) is 15.5. The van der Waals surface area contributed by atoms with Crippen molar-refractivity contribution in [2.24, 2.45) is 11.3 Å². The second kappa shape index (κ2) is 6.64. The number of nitrogens with zero attached hydrogens (tertiary/aromatic N) is 2. The summed E-state index contributed by atoms with van der Waals surface area (Å²) in [5, 5.41) is 12.3. The summed E-state index contributed by atoms with van der Waals surface area (Å²) >= 11 is 0. The summed E-state index contributed by atoms with van der Waals surface area (Å²) in [5.74, 6) is -0.278. The van der Waals surface area contributed by atoms with Crippen LogP contribution in [0.15, 0.2) is 0 Å². The predicted molar refractivity (Wildman–Crippen MR) is 80.2 cm³/mol. The van der Waals surface area contributed by atoms with Gasteiger partial charge in [0.15, 0.2) is 0 Å². The first kappa shape index (κ1) is 16.1. The number of urea groups is 1. The van der Waals surface area contributed by atoms with Crippen molar-refractivity contribution >= 4 is 12.0 Å². The van der Waals surface area contributed by atoms with Crippen LogP contribution < -0.4 is 5.32 Å². The third-order valence-corrected chi connectivity index (χ3v) is 5.04. The highest BCUT2D eigenvalue weighted by atomic mass is 16.4. The van der Waals surface area contributed by atoms with Crippen molar-refractivity contribution in [3.63, 3.8) is 0 Å². The van der Waals surface area contributed by atoms with Gasteiger partial charge >= 0.3 is 12.0 Å². The van der Waals surface area contributed by atoms with E-state index >= 15 is 0 Å². The van der Waals surface area contributed by atoms with Crippen LogP contribution in [-0.4, -0.2) is 66.7 Å². The molecule has 2 amide bonds. The van der Waals surface area contributed by atoms with Crippen LogP contribution in [0, 0.1) is 11.3 Å². The molecule has 0 spiro atoms. The Labute approximate surface area is 126 Å². The van der Waals surface area contributed by atoms with Crippen LogP contribution in [0.5, 0.6) is 0 Å². The highest BCUT2D eigenvalue weighted by Gasteiger charge is 2.44. The molecule has 0 bridgehead atoms. The summed E-state index contributed by atoms with van der Waals surface area (Å²) in [6, 6.07) is -0.111. The van der Waals surface area contributed by atoms with E-state index in [1.54, 1.807) is 4.90 Å². The van der Waals surface area contributed by atoms with Gasteiger partial charge in [-0.2, -0.15) is 0 Å². The number of rotatable bonds is 4. The quantitative estimate of drug-likeness (QED) is 0.818. The lowest BCUT2D eigenvalue weighted by atomic mass is 9.84. The van der Waals surface area contributed by atoms with Gasteiger partial charge in [-0.05, 0) is 45.2 Å². The molecule has 6 nitrogen and oxygen atoms in total. The molecule has 2 fully saturated rings. The Morgan fingerprint density at radius 2 is 2.14 bits per heavy atom. The fraction of sp³-hybridized carbons (Fsp3) is 0.867. The first-order valence-electron chi connectivity index (χ1n) is 7.91. The number of hydrogen-bond acceptors (Lipinski definition) is 3. The van der Waals surface area contributed by atoms with Gasteiger partial charge in [-0.1, -0.05) is 6.92 Å². The van der Waals surface area contributed by atoms with Gasteiger partial charge in [-0.25, -0.2) is 4.79 Å². The topological polar surface area (TPSA) is 72.9 Å². The molecule has 2 saturated heterocycles. The number of nitrogens with one attached hydrogen (secondary N) is 1. The smallest absolute Gasteiger partial charge is 0.317 e. The Morgan fingerprint density at radius 3 is 2.71 bits per heavy atom. The maximum absolute atomic E-state index is 12.2. The summed E-state index contributed by atoms with van der Waals surface area (Å²) in [4.78, 5) is 27.6. The Hall–Kier alpha value is -1.30. The minimum Gasteiger partial charge on any atom is -0.481 e. The van der Waals surface area contributed by atoms with Crippen molar-refractivity contribution in [3.05, 3.63) is 0 Å². The van der Waals surface area contributed by atoms with Gasteiger partial charge in [0, 0.05) is 26.2 Å². The molecule has 2 rings (SSSR count). The Balaban J connectivity index is 1.80. The van der Waals surface area contributed by atoms with Crippen LogP contribution in [0.1, 0.15) is 32.6 Å². The summed E-state index contributed by atoms with van der Waals surface area (Å²) in [7, 11) is 2.11. The van der Waals surface area contributed by atoms with Crippen LogP contribution in [0.3, 0.4) is 0 Å². The van der Waals surface area contributed by atoms with Crippen molar-refractivity contribution in [2.45, 2.75) is 32.6 Å². The number of hydrogen-bond donors (Lipinski definition) is 2. The number of likely N-dealkylation sites (tertiary alicyclic amines) is 2. The van der Waals surface area contributed by atoms with E-state index in [0.717, 1.165) is 19.5 Å². The third kappa shape index (κ3) is 3.67. The number of aliphatic carboxylic acids is 1. The molecule has 0 aromatic rings. The monoisotopic (exact) mass is 297 g/mol. The van der Waals surface area contributed by atoms with E-state index in [-0.39, 0.29) is 6.03 Å². The van der Waals surface area contributed by atoms with Crippen LogP contribution in [-0.2, 0) is 4.79 Å². The maximum Gasteiger partial charge on any atom is 0.317 e. The van der Waals surface area contributed by atoms with Gasteiger partial charge in [0.2, 0.25) is 0 Å². The van der Waals surface area contributed by atoms with E-state index in [1.165, 1.54) is 6.42 Å². The minimum absolute atomic E-state index is 0.111. The molecule has 2 aliphatic heterocycles. The average molecular weight is 297 g/mol. The highest BCUT2D eigenvalue weighted by molar-refractivity contribution is 5.79. The summed E-state index contributed by atoms with van der Waals surface area (Å²) in [6.07, 6.45) is 3.45. The Morgan fingerprint density at radius 1 is 1.38 bits per heavy atom. The number of piperidine rings is 1. The van der Waals surface area contributed by atoms with Gasteiger partial charge in [-0.3, -0.25) is 4.79 Å². The number of amides is 2. The van der Waals surface area contributed by atoms with E-state index in [1.807, 2.05) is 6.92 Å². The van der Waals surface area contributed by atoms with Crippen molar-refractivity contribution < 1.29 is 14.7 Å². The van der Waals surface area contributed by atoms with E-state index in [2.05, 4.69) is 17.3 Å². The second-order valence-corrected chi connectivity index (χ2v) is 6.57. The van der Waals surface area contributed by atoms with Gasteiger partial charge in [0.05, 0.1) is 5.41 Å². The maximum atomic E-state index is 12.2. The van der Waals surface area contributed by atoms with Crippen molar-refractivity contribution in [2.75, 3.05) is 39.8 Å². The lowest BCUT2D eigenvalue weighted by Gasteiger charge is -2.30. The number of carbonyl (C=O) groups excluding carboxylic acids is 1. The van der Waals surface area contributed by atoms with E-state index < -0.39 is 11.4 Å². The molecule has 2 atom stereocenters. The van der Waals surface area contributed by atoms with Crippen LogP contribution >= 0.6 is 0 Å². The fourth-order valence-corrected chi connectivity index (χ4v) is 3.44. The molecular weight excluding hydrogens is 270 g/mol. The summed E-state index contributed by atoms with van der Waals surface area (Å²) in [5.41, 5.74) is -0.748. The molecule has 6 heteroatoms. The molecular formula is C15H27N3O3. The Bertz CT molecular complexity index is 402. The second-order valence-electron chi connectivity index (χ2n) is 6.57. The van der Waals surface area contributed by atoms with Gasteiger partial charge in [-0.15, -0.1) is 0 Å². The molecule has 0 radical (unpaired) electrons. The van der Waals surface area contributed by atoms with Crippen LogP contribution in [0.4, 0.5) is 4.79 Å². The zero-order valence-corrected chi connectivity index (χ0v) is 13.1. The third-order valence-electron chi connectivity index (χ3n) is 5.04. The first-order chi connectivity index (χ1) is 9.97. The molecule has 21 heavy (non-hydrogen) atoms. The molecule has 0 aliphatic carbocycles. The van der Waals surface area contributed by atoms with E-state index in [9.17, 15) is 14.7 Å². The normalized spacial score (nSPS) is 30.4. The number of carboxylic acid groups (broad SMARTS) is 1. The van der Waals surface area contributed by atoms with Crippen molar-refractivity contribution in [1.29, 1.82) is 0 Å². The van der Waals surface area contributed by atoms with E-state index in [0.29, 0.717) is 38.4 Å². The highest BCUT2D eigenvalue weighted by Crippen LogP contribution is 2.34. The average Bonchev–Trinajstić information content (AvgIpc) is 2.91. The molecule has 2 heterocycles. The number of carbonyl (C=O) groups is 2. The minimum atomic E-state index is -0.783. The SMILES string of the molecule is CCC1(C(=O)O)CCN(C(=O)NCC2CCCN(C)C2)C1. The van der Waals surface area contributed by atoms with Crippen molar-refractivity contribution in [1.82, 2.24) is 15.1 Å². The summed E-state index contributed by atoms with van der Waals surface area (Å²) < 4.78 is 0. The molecule has 2 aliphatic rings. The largest absolute Gasteiger partial charge is 0.481 e. The molecule has 0 aromatic carbocycles. The van der Waals surface area contributed by atoms with E-state index in [4.69, 9.17) is 0 Å². The van der Waals surface area contributed by atoms with Gasteiger partial charge in [0.25, 0.3) is 0 Å². The predicted octanol–water partition coefficient (Wildman–Crippen LogP) is 1.22. The Kier molecular flexibility index (Phi) is 5.08.